The number of nitrogens with zero attached hydrogens (tertiary/aromatic N) is 1. The molecular formula is C13H23N3OS. The summed E-state index contributed by atoms with van der Waals surface area (Å²) >= 11 is 1.63. The number of nitrogens with one attached hydrogen (secondary N) is 1. The number of rotatable bonds is 9. The van der Waals surface area contributed by atoms with Crippen LogP contribution in [0.2, 0.25) is 0 Å². The minimum atomic E-state index is 0.141. The van der Waals surface area contributed by atoms with Crippen LogP contribution in [-0.2, 0) is 11.2 Å². The molecule has 4 nitrogen and oxygen atoms in total. The Bertz CT molecular complexity index is 327. The number of hydrogen-bond donors (Lipinski definition) is 2. The standard InChI is InChI=1S/C13H23N3OS/c1-2-11(5-7-14)3-4-12(17)15-8-6-13-16-9-10-18-13/h9-11H,2-8,14H2,1H3,(H,15,17). The molecule has 1 unspecified atom stereocenters. The number of amides is 1. The first-order valence-electron chi connectivity index (χ1n) is 6.61. The molecule has 0 aliphatic rings. The summed E-state index contributed by atoms with van der Waals surface area (Å²) in [4.78, 5) is 15.8. The van der Waals surface area contributed by atoms with Crippen molar-refractivity contribution in [3.8, 4) is 0 Å². The first-order chi connectivity index (χ1) is 8.76. The molecule has 0 radical (unpaired) electrons. The Morgan fingerprint density at radius 2 is 2.39 bits per heavy atom. The minimum Gasteiger partial charge on any atom is -0.356 e. The van der Waals surface area contributed by atoms with Gasteiger partial charge in [-0.25, -0.2) is 4.98 Å². The van der Waals surface area contributed by atoms with E-state index >= 15 is 0 Å². The van der Waals surface area contributed by atoms with Crippen LogP contribution in [0.3, 0.4) is 0 Å². The monoisotopic (exact) mass is 269 g/mol. The summed E-state index contributed by atoms with van der Waals surface area (Å²) in [6.45, 7) is 3.55. The van der Waals surface area contributed by atoms with Crippen molar-refractivity contribution in [1.29, 1.82) is 0 Å². The third kappa shape index (κ3) is 6.12. The lowest BCUT2D eigenvalue weighted by molar-refractivity contribution is -0.121. The summed E-state index contributed by atoms with van der Waals surface area (Å²) in [6.07, 6.45) is 6.28. The summed E-state index contributed by atoms with van der Waals surface area (Å²) in [5.41, 5.74) is 5.54. The van der Waals surface area contributed by atoms with E-state index in [4.69, 9.17) is 5.73 Å². The van der Waals surface area contributed by atoms with Crippen LogP contribution in [0, 0.1) is 5.92 Å². The van der Waals surface area contributed by atoms with Crippen molar-refractivity contribution in [2.45, 2.75) is 39.0 Å². The minimum absolute atomic E-state index is 0.141. The van der Waals surface area contributed by atoms with Crippen molar-refractivity contribution in [2.24, 2.45) is 11.7 Å². The Morgan fingerprint density at radius 3 is 3.00 bits per heavy atom. The molecule has 0 aromatic carbocycles. The summed E-state index contributed by atoms with van der Waals surface area (Å²) in [7, 11) is 0. The molecule has 1 rings (SSSR count). The van der Waals surface area contributed by atoms with E-state index in [1.807, 2.05) is 5.38 Å². The lowest BCUT2D eigenvalue weighted by atomic mass is 9.96. The normalized spacial score (nSPS) is 12.3. The van der Waals surface area contributed by atoms with Crippen molar-refractivity contribution in [2.75, 3.05) is 13.1 Å². The van der Waals surface area contributed by atoms with Gasteiger partial charge in [0.15, 0.2) is 0 Å². The average Bonchev–Trinajstić information content (AvgIpc) is 2.87. The van der Waals surface area contributed by atoms with Crippen molar-refractivity contribution < 1.29 is 4.79 Å². The van der Waals surface area contributed by atoms with Crippen molar-refractivity contribution >= 4 is 17.2 Å². The molecule has 0 spiro atoms. The second-order valence-corrected chi connectivity index (χ2v) is 5.40. The van der Waals surface area contributed by atoms with Crippen LogP contribution in [0.4, 0.5) is 0 Å². The van der Waals surface area contributed by atoms with Gasteiger partial charge in [-0.05, 0) is 25.3 Å². The SMILES string of the molecule is CCC(CCN)CCC(=O)NCCc1nccs1. The molecule has 0 bridgehead atoms. The third-order valence-electron chi connectivity index (χ3n) is 3.08. The molecule has 102 valence electrons. The second kappa shape index (κ2) is 9.05. The van der Waals surface area contributed by atoms with Gasteiger partial charge in [0.25, 0.3) is 0 Å². The number of hydrogen-bond acceptors (Lipinski definition) is 4. The Hall–Kier alpha value is -0.940. The van der Waals surface area contributed by atoms with E-state index in [2.05, 4.69) is 17.2 Å². The van der Waals surface area contributed by atoms with Gasteiger partial charge in [0.05, 0.1) is 5.01 Å². The molecule has 0 saturated heterocycles. The van der Waals surface area contributed by atoms with Crippen molar-refractivity contribution in [3.05, 3.63) is 16.6 Å². The van der Waals surface area contributed by atoms with Crippen LogP contribution in [0.5, 0.6) is 0 Å². The highest BCUT2D eigenvalue weighted by Gasteiger charge is 2.08. The molecule has 0 aliphatic carbocycles. The van der Waals surface area contributed by atoms with E-state index in [9.17, 15) is 4.79 Å². The van der Waals surface area contributed by atoms with E-state index in [1.165, 1.54) is 0 Å². The fourth-order valence-electron chi connectivity index (χ4n) is 1.90. The largest absolute Gasteiger partial charge is 0.356 e. The van der Waals surface area contributed by atoms with Crippen LogP contribution in [0.1, 0.15) is 37.6 Å². The van der Waals surface area contributed by atoms with Gasteiger partial charge in [0, 0.05) is 31.0 Å². The molecule has 3 N–H and O–H groups in total. The molecule has 5 heteroatoms. The Labute approximate surface area is 113 Å². The molecule has 0 aliphatic heterocycles. The topological polar surface area (TPSA) is 68.0 Å². The van der Waals surface area contributed by atoms with Gasteiger partial charge in [-0.2, -0.15) is 0 Å². The van der Waals surface area contributed by atoms with Crippen LogP contribution in [0.25, 0.3) is 0 Å². The van der Waals surface area contributed by atoms with Crippen molar-refractivity contribution in [1.82, 2.24) is 10.3 Å². The fraction of sp³-hybridized carbons (Fsp3) is 0.692. The highest BCUT2D eigenvalue weighted by molar-refractivity contribution is 7.09. The molecule has 1 atom stereocenters. The van der Waals surface area contributed by atoms with Crippen LogP contribution >= 0.6 is 11.3 Å². The van der Waals surface area contributed by atoms with E-state index < -0.39 is 0 Å². The number of carbonyl (C=O) groups excluding carboxylic acids is 1. The number of aromatic nitrogens is 1. The molecule has 1 amide bonds. The third-order valence-corrected chi connectivity index (χ3v) is 3.92. The zero-order chi connectivity index (χ0) is 13.2. The second-order valence-electron chi connectivity index (χ2n) is 4.42. The van der Waals surface area contributed by atoms with Gasteiger partial charge in [-0.15, -0.1) is 11.3 Å². The summed E-state index contributed by atoms with van der Waals surface area (Å²) in [5.74, 6) is 0.724. The van der Waals surface area contributed by atoms with Gasteiger partial charge in [0.1, 0.15) is 0 Å². The van der Waals surface area contributed by atoms with E-state index in [0.717, 1.165) is 30.7 Å². The molecular weight excluding hydrogens is 246 g/mol. The first kappa shape index (κ1) is 15.1. The van der Waals surface area contributed by atoms with E-state index in [0.29, 0.717) is 25.4 Å². The molecule has 1 aromatic rings. The van der Waals surface area contributed by atoms with Gasteiger partial charge >= 0.3 is 0 Å². The van der Waals surface area contributed by atoms with Gasteiger partial charge < -0.3 is 11.1 Å². The van der Waals surface area contributed by atoms with Gasteiger partial charge in [-0.3, -0.25) is 4.79 Å². The average molecular weight is 269 g/mol. The zero-order valence-electron chi connectivity index (χ0n) is 11.0. The van der Waals surface area contributed by atoms with Crippen LogP contribution in [-0.4, -0.2) is 24.0 Å². The van der Waals surface area contributed by atoms with E-state index in [-0.39, 0.29) is 5.91 Å². The quantitative estimate of drug-likeness (QED) is 0.720. The predicted octanol–water partition coefficient (Wildman–Crippen LogP) is 1.96. The van der Waals surface area contributed by atoms with E-state index in [1.54, 1.807) is 17.5 Å². The highest BCUT2D eigenvalue weighted by Crippen LogP contribution is 2.14. The van der Waals surface area contributed by atoms with Gasteiger partial charge in [-0.1, -0.05) is 13.3 Å². The van der Waals surface area contributed by atoms with Gasteiger partial charge in [0.2, 0.25) is 5.91 Å². The van der Waals surface area contributed by atoms with Crippen LogP contribution in [0.15, 0.2) is 11.6 Å². The Kier molecular flexibility index (Phi) is 7.60. The molecule has 0 saturated carbocycles. The van der Waals surface area contributed by atoms with Crippen LogP contribution < -0.4 is 11.1 Å². The highest BCUT2D eigenvalue weighted by atomic mass is 32.1. The van der Waals surface area contributed by atoms with Crippen molar-refractivity contribution in [3.63, 3.8) is 0 Å². The number of thiazole rings is 1. The fourth-order valence-corrected chi connectivity index (χ4v) is 2.52. The first-order valence-corrected chi connectivity index (χ1v) is 7.49. The maximum absolute atomic E-state index is 11.6. The summed E-state index contributed by atoms with van der Waals surface area (Å²) in [6, 6.07) is 0. The summed E-state index contributed by atoms with van der Waals surface area (Å²) < 4.78 is 0. The Balaban J connectivity index is 2.09. The number of nitrogens with two attached hydrogens (primary N) is 1. The predicted molar refractivity (Wildman–Crippen MR) is 75.5 cm³/mol. The Morgan fingerprint density at radius 1 is 1.56 bits per heavy atom. The molecule has 18 heavy (non-hydrogen) atoms. The molecule has 1 aromatic heterocycles. The maximum Gasteiger partial charge on any atom is 0.220 e. The zero-order valence-corrected chi connectivity index (χ0v) is 11.8. The smallest absolute Gasteiger partial charge is 0.220 e. The lowest BCUT2D eigenvalue weighted by Crippen LogP contribution is -2.26. The summed E-state index contributed by atoms with van der Waals surface area (Å²) in [5, 5.41) is 5.97. The molecule has 1 heterocycles. The maximum atomic E-state index is 11.6. The molecule has 0 fully saturated rings. The number of carbonyl (C=O) groups is 1. The lowest BCUT2D eigenvalue weighted by Gasteiger charge is -2.12.